The Morgan fingerprint density at radius 2 is 2.00 bits per heavy atom. The number of hydrogen-bond donors (Lipinski definition) is 2. The van der Waals surface area contributed by atoms with Crippen molar-refractivity contribution in [1.29, 1.82) is 0 Å². The maximum Gasteiger partial charge on any atom is 0.170 e. The summed E-state index contributed by atoms with van der Waals surface area (Å²) >= 11 is 5.20. The summed E-state index contributed by atoms with van der Waals surface area (Å²) in [4.78, 5) is 0. The highest BCUT2D eigenvalue weighted by Crippen LogP contribution is 2.26. The van der Waals surface area contributed by atoms with E-state index in [1.807, 2.05) is 13.0 Å². The zero-order valence-electron chi connectivity index (χ0n) is 10.2. The predicted molar refractivity (Wildman–Crippen MR) is 75.0 cm³/mol. The first kappa shape index (κ1) is 13.0. The lowest BCUT2D eigenvalue weighted by Crippen LogP contribution is -2.28. The van der Waals surface area contributed by atoms with Crippen molar-refractivity contribution < 1.29 is 0 Å². The molecule has 1 atom stereocenters. The third-order valence-corrected chi connectivity index (χ3v) is 2.94. The Balaban J connectivity index is 2.82. The van der Waals surface area contributed by atoms with E-state index in [-0.39, 0.29) is 0 Å². The number of thiocarbonyl (C=S) groups is 1. The lowest BCUT2D eigenvalue weighted by atomic mass is 9.97. The summed E-state index contributed by atoms with van der Waals surface area (Å²) in [6.07, 6.45) is 1.13. The number of anilines is 1. The van der Waals surface area contributed by atoms with E-state index in [1.165, 1.54) is 5.56 Å². The Labute approximate surface area is 103 Å². The maximum absolute atomic E-state index is 5.20. The van der Waals surface area contributed by atoms with Crippen LogP contribution in [0.5, 0.6) is 0 Å². The fourth-order valence-electron chi connectivity index (χ4n) is 1.59. The van der Waals surface area contributed by atoms with Gasteiger partial charge in [0.05, 0.1) is 0 Å². The maximum atomic E-state index is 5.20. The molecule has 1 aromatic rings. The van der Waals surface area contributed by atoms with E-state index in [4.69, 9.17) is 12.2 Å². The van der Waals surface area contributed by atoms with Gasteiger partial charge in [-0.25, -0.2) is 0 Å². The Kier molecular flexibility index (Phi) is 5.26. The molecule has 0 saturated carbocycles. The minimum Gasteiger partial charge on any atom is -0.363 e. The molecule has 0 aliphatic rings. The van der Waals surface area contributed by atoms with Gasteiger partial charge in [0, 0.05) is 12.2 Å². The van der Waals surface area contributed by atoms with Crippen molar-refractivity contribution in [3.05, 3.63) is 29.8 Å². The zero-order chi connectivity index (χ0) is 12.0. The molecule has 0 aliphatic heterocycles. The van der Waals surface area contributed by atoms with E-state index in [0.717, 1.165) is 18.7 Å². The predicted octanol–water partition coefficient (Wildman–Crippen LogP) is 3.51. The molecule has 0 heterocycles. The Bertz CT molecular complexity index is 350. The van der Waals surface area contributed by atoms with Gasteiger partial charge in [-0.1, -0.05) is 32.0 Å². The van der Waals surface area contributed by atoms with Crippen molar-refractivity contribution in [2.24, 2.45) is 0 Å². The molecule has 0 aliphatic carbocycles. The first-order valence-electron chi connectivity index (χ1n) is 5.82. The van der Waals surface area contributed by atoms with E-state index >= 15 is 0 Å². The van der Waals surface area contributed by atoms with Crippen LogP contribution in [0.4, 0.5) is 5.69 Å². The number of benzene rings is 1. The summed E-state index contributed by atoms with van der Waals surface area (Å²) in [7, 11) is 0. The molecule has 0 fully saturated rings. The third kappa shape index (κ3) is 3.49. The van der Waals surface area contributed by atoms with E-state index < -0.39 is 0 Å². The minimum atomic E-state index is 0.549. The zero-order valence-corrected chi connectivity index (χ0v) is 11.0. The number of nitrogens with one attached hydrogen (secondary N) is 2. The van der Waals surface area contributed by atoms with Gasteiger partial charge in [-0.3, -0.25) is 0 Å². The summed E-state index contributed by atoms with van der Waals surface area (Å²) in [5.74, 6) is 0.549. The van der Waals surface area contributed by atoms with Crippen LogP contribution in [0.1, 0.15) is 38.7 Å². The first-order valence-corrected chi connectivity index (χ1v) is 6.23. The van der Waals surface area contributed by atoms with Crippen molar-refractivity contribution in [2.45, 2.75) is 33.1 Å². The second-order valence-corrected chi connectivity index (χ2v) is 4.29. The van der Waals surface area contributed by atoms with Crippen molar-refractivity contribution in [3.8, 4) is 0 Å². The molecule has 0 spiro atoms. The smallest absolute Gasteiger partial charge is 0.170 e. The summed E-state index contributed by atoms with van der Waals surface area (Å²) < 4.78 is 0. The molecule has 0 bridgehead atoms. The highest BCUT2D eigenvalue weighted by atomic mass is 32.1. The van der Waals surface area contributed by atoms with Crippen LogP contribution in [0.25, 0.3) is 0 Å². The normalized spacial score (nSPS) is 11.9. The van der Waals surface area contributed by atoms with Crippen LogP contribution in [-0.4, -0.2) is 11.7 Å². The first-order chi connectivity index (χ1) is 7.69. The lowest BCUT2D eigenvalue weighted by Gasteiger charge is -2.17. The second kappa shape index (κ2) is 6.48. The van der Waals surface area contributed by atoms with Crippen LogP contribution < -0.4 is 10.6 Å². The van der Waals surface area contributed by atoms with Gasteiger partial charge in [0.25, 0.3) is 0 Å². The molecule has 0 radical (unpaired) electrons. The van der Waals surface area contributed by atoms with Gasteiger partial charge in [-0.2, -0.15) is 0 Å². The minimum absolute atomic E-state index is 0.549. The standard InChI is InChI=1S/C13H20N2S/c1-4-10(3)11-8-6-7-9-12(11)15-13(16)14-5-2/h6-10H,4-5H2,1-3H3,(H2,14,15,16)/t10-/m0/s1. The fourth-order valence-corrected chi connectivity index (χ4v) is 1.84. The molecule has 16 heavy (non-hydrogen) atoms. The van der Waals surface area contributed by atoms with Gasteiger partial charge in [-0.15, -0.1) is 0 Å². The van der Waals surface area contributed by atoms with Crippen molar-refractivity contribution >= 4 is 23.0 Å². The molecular weight excluding hydrogens is 216 g/mol. The van der Waals surface area contributed by atoms with Crippen LogP contribution >= 0.6 is 12.2 Å². The fraction of sp³-hybridized carbons (Fsp3) is 0.462. The van der Waals surface area contributed by atoms with Crippen LogP contribution in [-0.2, 0) is 0 Å². The van der Waals surface area contributed by atoms with Gasteiger partial charge in [-0.05, 0) is 43.1 Å². The molecule has 1 rings (SSSR count). The molecule has 88 valence electrons. The molecule has 2 nitrogen and oxygen atoms in total. The third-order valence-electron chi connectivity index (χ3n) is 2.69. The van der Waals surface area contributed by atoms with Gasteiger partial charge >= 0.3 is 0 Å². The number of rotatable bonds is 4. The highest BCUT2D eigenvalue weighted by molar-refractivity contribution is 7.80. The molecule has 3 heteroatoms. The summed E-state index contributed by atoms with van der Waals surface area (Å²) in [6.45, 7) is 7.31. The van der Waals surface area contributed by atoms with Crippen LogP contribution in [0, 0.1) is 0 Å². The van der Waals surface area contributed by atoms with Crippen LogP contribution in [0.15, 0.2) is 24.3 Å². The number of para-hydroxylation sites is 1. The Hall–Kier alpha value is -1.09. The molecule has 0 unspecified atom stereocenters. The van der Waals surface area contributed by atoms with Gasteiger partial charge in [0.15, 0.2) is 5.11 Å². The number of hydrogen-bond acceptors (Lipinski definition) is 1. The largest absolute Gasteiger partial charge is 0.363 e. The van der Waals surface area contributed by atoms with Crippen LogP contribution in [0.2, 0.25) is 0 Å². The summed E-state index contributed by atoms with van der Waals surface area (Å²) in [5, 5.41) is 7.04. The van der Waals surface area contributed by atoms with Gasteiger partial charge in [0.1, 0.15) is 0 Å². The summed E-state index contributed by atoms with van der Waals surface area (Å²) in [6, 6.07) is 8.34. The highest BCUT2D eigenvalue weighted by Gasteiger charge is 2.08. The molecule has 0 aromatic heterocycles. The average Bonchev–Trinajstić information content (AvgIpc) is 2.29. The SMILES string of the molecule is CCNC(=S)Nc1ccccc1[C@@H](C)CC. The lowest BCUT2D eigenvalue weighted by molar-refractivity contribution is 0.735. The van der Waals surface area contributed by atoms with Gasteiger partial charge < -0.3 is 10.6 Å². The van der Waals surface area contributed by atoms with E-state index in [9.17, 15) is 0 Å². The quantitative estimate of drug-likeness (QED) is 0.782. The van der Waals surface area contributed by atoms with E-state index in [0.29, 0.717) is 11.0 Å². The topological polar surface area (TPSA) is 24.1 Å². The van der Waals surface area contributed by atoms with Crippen LogP contribution in [0.3, 0.4) is 0 Å². The molecule has 1 aromatic carbocycles. The van der Waals surface area contributed by atoms with Crippen molar-refractivity contribution in [1.82, 2.24) is 5.32 Å². The monoisotopic (exact) mass is 236 g/mol. The Morgan fingerprint density at radius 3 is 2.62 bits per heavy atom. The second-order valence-electron chi connectivity index (χ2n) is 3.88. The van der Waals surface area contributed by atoms with E-state index in [1.54, 1.807) is 0 Å². The molecular formula is C13H20N2S. The Morgan fingerprint density at radius 1 is 1.31 bits per heavy atom. The van der Waals surface area contributed by atoms with Crippen molar-refractivity contribution in [2.75, 3.05) is 11.9 Å². The molecule has 0 amide bonds. The van der Waals surface area contributed by atoms with Crippen molar-refractivity contribution in [3.63, 3.8) is 0 Å². The molecule has 2 N–H and O–H groups in total. The summed E-state index contributed by atoms with van der Waals surface area (Å²) in [5.41, 5.74) is 2.44. The van der Waals surface area contributed by atoms with E-state index in [2.05, 4.69) is 42.7 Å². The molecule has 0 saturated heterocycles. The average molecular weight is 236 g/mol. The van der Waals surface area contributed by atoms with Gasteiger partial charge in [0.2, 0.25) is 0 Å².